The van der Waals surface area contributed by atoms with Crippen molar-refractivity contribution in [3.05, 3.63) is 0 Å². The fourth-order valence-electron chi connectivity index (χ4n) is 2.98. The first kappa shape index (κ1) is 14.5. The highest BCUT2D eigenvalue weighted by Crippen LogP contribution is 2.33. The highest BCUT2D eigenvalue weighted by atomic mass is 16.2. The summed E-state index contributed by atoms with van der Waals surface area (Å²) in [7, 11) is 1.95. The van der Waals surface area contributed by atoms with Crippen molar-refractivity contribution in [2.24, 2.45) is 11.3 Å². The summed E-state index contributed by atoms with van der Waals surface area (Å²) in [5, 5.41) is 3.40. The van der Waals surface area contributed by atoms with Crippen LogP contribution >= 0.6 is 0 Å². The van der Waals surface area contributed by atoms with Gasteiger partial charge in [-0.15, -0.1) is 0 Å². The zero-order valence-corrected chi connectivity index (χ0v) is 11.9. The molecule has 0 aliphatic carbocycles. The number of nitrogens with one attached hydrogen (secondary N) is 1. The molecule has 1 heterocycles. The van der Waals surface area contributed by atoms with Gasteiger partial charge in [-0.3, -0.25) is 4.79 Å². The Morgan fingerprint density at radius 2 is 2.18 bits per heavy atom. The molecule has 1 atom stereocenters. The first-order valence-corrected chi connectivity index (χ1v) is 6.98. The molecule has 0 saturated carbocycles. The third-order valence-electron chi connectivity index (χ3n) is 3.64. The Kier molecular flexibility index (Phi) is 5.44. The van der Waals surface area contributed by atoms with Crippen LogP contribution in [0, 0.1) is 11.3 Å². The number of amides is 1. The van der Waals surface area contributed by atoms with Gasteiger partial charge >= 0.3 is 0 Å². The van der Waals surface area contributed by atoms with Crippen molar-refractivity contribution in [3.63, 3.8) is 0 Å². The topological polar surface area (TPSA) is 32.3 Å². The molecule has 0 aromatic rings. The minimum Gasteiger partial charge on any atom is -0.345 e. The lowest BCUT2D eigenvalue weighted by Gasteiger charge is -2.39. The van der Waals surface area contributed by atoms with Crippen molar-refractivity contribution in [2.45, 2.75) is 46.5 Å². The van der Waals surface area contributed by atoms with E-state index < -0.39 is 0 Å². The molecule has 1 unspecified atom stereocenters. The zero-order chi connectivity index (χ0) is 12.9. The van der Waals surface area contributed by atoms with Gasteiger partial charge in [0.15, 0.2) is 0 Å². The molecule has 100 valence electrons. The van der Waals surface area contributed by atoms with Gasteiger partial charge in [-0.2, -0.15) is 0 Å². The average Bonchev–Trinajstić information content (AvgIpc) is 2.28. The molecule has 0 aromatic carbocycles. The summed E-state index contributed by atoms with van der Waals surface area (Å²) >= 11 is 0. The molecule has 0 aromatic heterocycles. The van der Waals surface area contributed by atoms with E-state index in [2.05, 4.69) is 26.1 Å². The number of carbonyl (C=O) groups excluding carboxylic acids is 1. The SMILES string of the molecule is CCCC1(C(=O)N(C)CC(C)C)CCCNC1. The van der Waals surface area contributed by atoms with Crippen LogP contribution in [0.1, 0.15) is 46.5 Å². The Balaban J connectivity index is 2.71. The highest BCUT2D eigenvalue weighted by Gasteiger charge is 2.40. The summed E-state index contributed by atoms with van der Waals surface area (Å²) in [6, 6.07) is 0. The first-order valence-electron chi connectivity index (χ1n) is 6.98. The molecule has 0 radical (unpaired) electrons. The monoisotopic (exact) mass is 240 g/mol. The minimum atomic E-state index is -0.128. The van der Waals surface area contributed by atoms with E-state index in [-0.39, 0.29) is 5.41 Å². The molecule has 1 rings (SSSR count). The van der Waals surface area contributed by atoms with Crippen molar-refractivity contribution in [1.82, 2.24) is 10.2 Å². The maximum absolute atomic E-state index is 12.6. The van der Waals surface area contributed by atoms with Gasteiger partial charge < -0.3 is 10.2 Å². The Bertz CT molecular complexity index is 239. The van der Waals surface area contributed by atoms with E-state index >= 15 is 0 Å². The van der Waals surface area contributed by atoms with Gasteiger partial charge in [0.2, 0.25) is 5.91 Å². The summed E-state index contributed by atoms with van der Waals surface area (Å²) in [5.41, 5.74) is -0.128. The second-order valence-electron chi connectivity index (χ2n) is 5.89. The standard InChI is InChI=1S/C14H28N2O/c1-5-7-14(8-6-9-15-11-14)13(17)16(4)10-12(2)3/h12,15H,5-11H2,1-4H3. The third-order valence-corrected chi connectivity index (χ3v) is 3.64. The largest absolute Gasteiger partial charge is 0.345 e. The molecular weight excluding hydrogens is 212 g/mol. The van der Waals surface area contributed by atoms with Crippen LogP contribution in [0.15, 0.2) is 0 Å². The lowest BCUT2D eigenvalue weighted by atomic mass is 9.75. The Labute approximate surface area is 106 Å². The fourth-order valence-corrected chi connectivity index (χ4v) is 2.98. The molecule has 1 aliphatic heterocycles. The Morgan fingerprint density at radius 3 is 2.65 bits per heavy atom. The van der Waals surface area contributed by atoms with Gasteiger partial charge in [0.25, 0.3) is 0 Å². The van der Waals surface area contributed by atoms with Crippen LogP contribution in [-0.2, 0) is 4.79 Å². The predicted molar refractivity (Wildman–Crippen MR) is 71.9 cm³/mol. The molecule has 1 fully saturated rings. The lowest BCUT2D eigenvalue weighted by Crippen LogP contribution is -2.51. The Hall–Kier alpha value is -0.570. The predicted octanol–water partition coefficient (Wildman–Crippen LogP) is 2.27. The van der Waals surface area contributed by atoms with Gasteiger partial charge in [0.1, 0.15) is 0 Å². The first-order chi connectivity index (χ1) is 8.02. The molecule has 0 spiro atoms. The number of nitrogens with zero attached hydrogens (tertiary/aromatic N) is 1. The van der Waals surface area contributed by atoms with Crippen LogP contribution in [0.5, 0.6) is 0 Å². The molecule has 3 heteroatoms. The van der Waals surface area contributed by atoms with Crippen LogP contribution < -0.4 is 5.32 Å². The lowest BCUT2D eigenvalue weighted by molar-refractivity contribution is -0.143. The Morgan fingerprint density at radius 1 is 1.47 bits per heavy atom. The van der Waals surface area contributed by atoms with Gasteiger partial charge in [-0.25, -0.2) is 0 Å². The molecule has 1 saturated heterocycles. The van der Waals surface area contributed by atoms with Crippen LogP contribution in [-0.4, -0.2) is 37.5 Å². The average molecular weight is 240 g/mol. The van der Waals surface area contributed by atoms with Gasteiger partial charge in [-0.05, 0) is 31.7 Å². The van der Waals surface area contributed by atoms with E-state index in [1.54, 1.807) is 0 Å². The van der Waals surface area contributed by atoms with Gasteiger partial charge in [0.05, 0.1) is 5.41 Å². The molecule has 0 bridgehead atoms. The summed E-state index contributed by atoms with van der Waals surface area (Å²) in [5.74, 6) is 0.888. The number of hydrogen-bond acceptors (Lipinski definition) is 2. The van der Waals surface area contributed by atoms with E-state index in [0.29, 0.717) is 11.8 Å². The van der Waals surface area contributed by atoms with E-state index in [4.69, 9.17) is 0 Å². The molecule has 1 aliphatic rings. The van der Waals surface area contributed by atoms with Crippen molar-refractivity contribution in [2.75, 3.05) is 26.7 Å². The second kappa shape index (κ2) is 6.39. The molecule has 17 heavy (non-hydrogen) atoms. The summed E-state index contributed by atoms with van der Waals surface area (Å²) in [6.07, 6.45) is 4.28. The van der Waals surface area contributed by atoms with E-state index in [1.807, 2.05) is 11.9 Å². The van der Waals surface area contributed by atoms with Crippen LogP contribution in [0.4, 0.5) is 0 Å². The summed E-state index contributed by atoms with van der Waals surface area (Å²) < 4.78 is 0. The fraction of sp³-hybridized carbons (Fsp3) is 0.929. The van der Waals surface area contributed by atoms with Crippen LogP contribution in [0.3, 0.4) is 0 Å². The maximum atomic E-state index is 12.6. The van der Waals surface area contributed by atoms with E-state index in [1.165, 1.54) is 0 Å². The van der Waals surface area contributed by atoms with Gasteiger partial charge in [-0.1, -0.05) is 27.2 Å². The summed E-state index contributed by atoms with van der Waals surface area (Å²) in [4.78, 5) is 14.6. The number of rotatable bonds is 5. The number of carbonyl (C=O) groups is 1. The summed E-state index contributed by atoms with van der Waals surface area (Å²) in [6.45, 7) is 9.29. The zero-order valence-electron chi connectivity index (χ0n) is 11.9. The quantitative estimate of drug-likeness (QED) is 0.799. The smallest absolute Gasteiger partial charge is 0.229 e. The number of piperidine rings is 1. The molecule has 1 amide bonds. The minimum absolute atomic E-state index is 0.128. The second-order valence-corrected chi connectivity index (χ2v) is 5.89. The van der Waals surface area contributed by atoms with Crippen LogP contribution in [0.2, 0.25) is 0 Å². The van der Waals surface area contributed by atoms with Crippen LogP contribution in [0.25, 0.3) is 0 Å². The van der Waals surface area contributed by atoms with E-state index in [0.717, 1.165) is 45.3 Å². The molecular formula is C14H28N2O. The van der Waals surface area contributed by atoms with Crippen molar-refractivity contribution in [3.8, 4) is 0 Å². The molecule has 3 nitrogen and oxygen atoms in total. The van der Waals surface area contributed by atoms with Crippen molar-refractivity contribution < 1.29 is 4.79 Å². The van der Waals surface area contributed by atoms with Crippen molar-refractivity contribution >= 4 is 5.91 Å². The number of hydrogen-bond donors (Lipinski definition) is 1. The maximum Gasteiger partial charge on any atom is 0.229 e. The molecule has 1 N–H and O–H groups in total. The highest BCUT2D eigenvalue weighted by molar-refractivity contribution is 5.83. The normalized spacial score (nSPS) is 25.0. The van der Waals surface area contributed by atoms with Crippen molar-refractivity contribution in [1.29, 1.82) is 0 Å². The van der Waals surface area contributed by atoms with E-state index in [9.17, 15) is 4.79 Å². The van der Waals surface area contributed by atoms with Gasteiger partial charge in [0, 0.05) is 20.1 Å². The third kappa shape index (κ3) is 3.70.